The van der Waals surface area contributed by atoms with E-state index in [2.05, 4.69) is 5.32 Å². The van der Waals surface area contributed by atoms with E-state index >= 15 is 0 Å². The SMILES string of the molecule is CCCN(CCC)C(=O)c1ccc(NC(=O)c2cc(C(=O)O)c(CC)o2)cc1. The van der Waals surface area contributed by atoms with Crippen molar-refractivity contribution in [3.8, 4) is 0 Å². The Labute approximate surface area is 164 Å². The van der Waals surface area contributed by atoms with Crippen LogP contribution in [0.15, 0.2) is 34.7 Å². The van der Waals surface area contributed by atoms with Crippen LogP contribution in [0.4, 0.5) is 5.69 Å². The molecule has 28 heavy (non-hydrogen) atoms. The van der Waals surface area contributed by atoms with Crippen LogP contribution >= 0.6 is 0 Å². The van der Waals surface area contributed by atoms with E-state index in [0.717, 1.165) is 12.8 Å². The highest BCUT2D eigenvalue weighted by atomic mass is 16.4. The molecule has 2 aromatic rings. The number of hydrogen-bond donors (Lipinski definition) is 2. The fourth-order valence-corrected chi connectivity index (χ4v) is 2.91. The molecule has 0 spiro atoms. The number of furan rings is 1. The third-order valence-electron chi connectivity index (χ3n) is 4.25. The van der Waals surface area contributed by atoms with Crippen LogP contribution < -0.4 is 5.32 Å². The zero-order chi connectivity index (χ0) is 20.7. The highest BCUT2D eigenvalue weighted by Crippen LogP contribution is 2.19. The van der Waals surface area contributed by atoms with E-state index in [0.29, 0.717) is 30.8 Å². The smallest absolute Gasteiger partial charge is 0.339 e. The van der Waals surface area contributed by atoms with Gasteiger partial charge in [-0.1, -0.05) is 20.8 Å². The summed E-state index contributed by atoms with van der Waals surface area (Å²) in [6.45, 7) is 7.22. The number of carboxylic acid groups (broad SMARTS) is 1. The number of rotatable bonds is 9. The summed E-state index contributed by atoms with van der Waals surface area (Å²) in [5.41, 5.74) is 1.03. The molecule has 0 radical (unpaired) electrons. The maximum absolute atomic E-state index is 12.6. The summed E-state index contributed by atoms with van der Waals surface area (Å²) in [4.78, 5) is 37.9. The lowest BCUT2D eigenvalue weighted by Gasteiger charge is -2.21. The quantitative estimate of drug-likeness (QED) is 0.677. The van der Waals surface area contributed by atoms with E-state index in [-0.39, 0.29) is 23.0 Å². The molecule has 2 rings (SSSR count). The van der Waals surface area contributed by atoms with Gasteiger partial charge in [0.1, 0.15) is 11.3 Å². The standard InChI is InChI=1S/C21H26N2O5/c1-4-11-23(12-5-2)20(25)14-7-9-15(10-8-14)22-19(24)18-13-16(21(26)27)17(6-3)28-18/h7-10,13H,4-6,11-12H2,1-3H3,(H,22,24)(H,26,27). The van der Waals surface area contributed by atoms with Crippen molar-refractivity contribution in [2.24, 2.45) is 0 Å². The molecule has 0 saturated carbocycles. The molecule has 0 saturated heterocycles. The van der Waals surface area contributed by atoms with E-state index in [1.54, 1.807) is 31.2 Å². The number of aromatic carboxylic acids is 1. The number of carbonyl (C=O) groups is 3. The predicted molar refractivity (Wildman–Crippen MR) is 106 cm³/mol. The Morgan fingerprint density at radius 3 is 2.11 bits per heavy atom. The monoisotopic (exact) mass is 386 g/mol. The van der Waals surface area contributed by atoms with Crippen LogP contribution in [0.25, 0.3) is 0 Å². The highest BCUT2D eigenvalue weighted by molar-refractivity contribution is 6.04. The molecule has 7 nitrogen and oxygen atoms in total. The average molecular weight is 386 g/mol. The Morgan fingerprint density at radius 2 is 1.64 bits per heavy atom. The van der Waals surface area contributed by atoms with E-state index in [4.69, 9.17) is 9.52 Å². The van der Waals surface area contributed by atoms with Gasteiger partial charge in [0.05, 0.1) is 0 Å². The molecular weight excluding hydrogens is 360 g/mol. The van der Waals surface area contributed by atoms with E-state index in [1.165, 1.54) is 6.07 Å². The van der Waals surface area contributed by atoms with Gasteiger partial charge in [-0.2, -0.15) is 0 Å². The van der Waals surface area contributed by atoms with Gasteiger partial charge in [-0.05, 0) is 37.1 Å². The molecule has 2 N–H and O–H groups in total. The molecule has 7 heteroatoms. The molecule has 1 aromatic heterocycles. The Morgan fingerprint density at radius 1 is 1.04 bits per heavy atom. The summed E-state index contributed by atoms with van der Waals surface area (Å²) >= 11 is 0. The van der Waals surface area contributed by atoms with Crippen LogP contribution in [0, 0.1) is 0 Å². The average Bonchev–Trinajstić information content (AvgIpc) is 3.13. The second kappa shape index (κ2) is 9.73. The van der Waals surface area contributed by atoms with Crippen LogP contribution in [0.1, 0.15) is 70.6 Å². The topological polar surface area (TPSA) is 99.9 Å². The van der Waals surface area contributed by atoms with Crippen LogP contribution in [0.3, 0.4) is 0 Å². The molecule has 150 valence electrons. The van der Waals surface area contributed by atoms with Crippen LogP contribution in [0.5, 0.6) is 0 Å². The summed E-state index contributed by atoms with van der Waals surface area (Å²) in [5.74, 6) is -1.52. The van der Waals surface area contributed by atoms with E-state index in [1.807, 2.05) is 18.7 Å². The third kappa shape index (κ3) is 5.00. The Kier molecular flexibility index (Phi) is 7.37. The molecule has 0 fully saturated rings. The number of aryl methyl sites for hydroxylation is 1. The predicted octanol–water partition coefficient (Wildman–Crippen LogP) is 4.05. The van der Waals surface area contributed by atoms with Crippen molar-refractivity contribution in [3.63, 3.8) is 0 Å². The van der Waals surface area contributed by atoms with Crippen molar-refractivity contribution in [2.45, 2.75) is 40.0 Å². The first-order chi connectivity index (χ1) is 13.4. The molecule has 0 atom stereocenters. The van der Waals surface area contributed by atoms with E-state index < -0.39 is 11.9 Å². The maximum Gasteiger partial charge on any atom is 0.339 e. The lowest BCUT2D eigenvalue weighted by Crippen LogP contribution is -2.32. The Bertz CT molecular complexity index is 833. The van der Waals surface area contributed by atoms with Gasteiger partial charge in [0.15, 0.2) is 5.76 Å². The normalized spacial score (nSPS) is 10.5. The van der Waals surface area contributed by atoms with Gasteiger partial charge in [-0.3, -0.25) is 9.59 Å². The number of amides is 2. The van der Waals surface area contributed by atoms with Gasteiger partial charge in [0.25, 0.3) is 11.8 Å². The fraction of sp³-hybridized carbons (Fsp3) is 0.381. The number of nitrogens with zero attached hydrogens (tertiary/aromatic N) is 1. The van der Waals surface area contributed by atoms with Crippen LogP contribution in [0.2, 0.25) is 0 Å². The van der Waals surface area contributed by atoms with Gasteiger partial charge >= 0.3 is 5.97 Å². The van der Waals surface area contributed by atoms with Crippen LogP contribution in [-0.2, 0) is 6.42 Å². The van der Waals surface area contributed by atoms with E-state index in [9.17, 15) is 14.4 Å². The molecule has 0 aliphatic heterocycles. The van der Waals surface area contributed by atoms with Gasteiger partial charge in [0, 0.05) is 36.8 Å². The number of carbonyl (C=O) groups excluding carboxylic acids is 2. The number of hydrogen-bond acceptors (Lipinski definition) is 4. The molecule has 0 aliphatic rings. The summed E-state index contributed by atoms with van der Waals surface area (Å²) in [6, 6.07) is 7.84. The maximum atomic E-state index is 12.6. The first kappa shape index (κ1) is 21.2. The van der Waals surface area contributed by atoms with Crippen molar-refractivity contribution in [2.75, 3.05) is 18.4 Å². The van der Waals surface area contributed by atoms with Crippen molar-refractivity contribution in [1.29, 1.82) is 0 Å². The van der Waals surface area contributed by atoms with Crippen molar-refractivity contribution < 1.29 is 23.9 Å². The van der Waals surface area contributed by atoms with Crippen molar-refractivity contribution in [1.82, 2.24) is 4.90 Å². The summed E-state index contributed by atoms with van der Waals surface area (Å²) in [6.07, 6.45) is 2.15. The minimum Gasteiger partial charge on any atom is -0.478 e. The first-order valence-corrected chi connectivity index (χ1v) is 9.47. The zero-order valence-electron chi connectivity index (χ0n) is 16.4. The third-order valence-corrected chi connectivity index (χ3v) is 4.25. The molecular formula is C21H26N2O5. The number of anilines is 1. The van der Waals surface area contributed by atoms with Gasteiger partial charge in [0.2, 0.25) is 0 Å². The Hall–Kier alpha value is -3.09. The number of nitrogens with one attached hydrogen (secondary N) is 1. The van der Waals surface area contributed by atoms with Crippen molar-refractivity contribution >= 4 is 23.5 Å². The second-order valence-corrected chi connectivity index (χ2v) is 6.43. The molecule has 1 aromatic carbocycles. The minimum atomic E-state index is -1.13. The lowest BCUT2D eigenvalue weighted by atomic mass is 10.1. The molecule has 0 aliphatic carbocycles. The molecule has 2 amide bonds. The van der Waals surface area contributed by atoms with Crippen LogP contribution in [-0.4, -0.2) is 40.9 Å². The van der Waals surface area contributed by atoms with Gasteiger partial charge in [-0.25, -0.2) is 4.79 Å². The minimum absolute atomic E-state index is 0.0134. The van der Waals surface area contributed by atoms with Gasteiger partial charge < -0.3 is 19.7 Å². The first-order valence-electron chi connectivity index (χ1n) is 9.47. The molecule has 0 bridgehead atoms. The van der Waals surface area contributed by atoms with Crippen molar-refractivity contribution in [3.05, 3.63) is 53.0 Å². The summed E-state index contributed by atoms with van der Waals surface area (Å²) < 4.78 is 5.35. The lowest BCUT2D eigenvalue weighted by molar-refractivity contribution is 0.0693. The summed E-state index contributed by atoms with van der Waals surface area (Å²) in [5, 5.41) is 11.8. The van der Waals surface area contributed by atoms with Gasteiger partial charge in [-0.15, -0.1) is 0 Å². The zero-order valence-corrected chi connectivity index (χ0v) is 16.4. The Balaban J connectivity index is 2.10. The molecule has 0 unspecified atom stereocenters. The second-order valence-electron chi connectivity index (χ2n) is 6.43. The number of benzene rings is 1. The summed E-state index contributed by atoms with van der Waals surface area (Å²) in [7, 11) is 0. The molecule has 1 heterocycles. The highest BCUT2D eigenvalue weighted by Gasteiger charge is 2.20. The number of carboxylic acids is 1. The largest absolute Gasteiger partial charge is 0.478 e. The fourth-order valence-electron chi connectivity index (χ4n) is 2.91.